The van der Waals surface area contributed by atoms with Gasteiger partial charge in [-0.25, -0.2) is 0 Å². The van der Waals surface area contributed by atoms with Crippen molar-refractivity contribution in [1.29, 1.82) is 0 Å². The van der Waals surface area contributed by atoms with Crippen molar-refractivity contribution >= 4 is 5.91 Å². The average molecular weight is 268 g/mol. The first-order chi connectivity index (χ1) is 9.19. The molecule has 4 nitrogen and oxygen atoms in total. The minimum atomic E-state index is 0.327. The first-order valence-electron chi connectivity index (χ1n) is 7.75. The normalized spacial score (nSPS) is 29.5. The van der Waals surface area contributed by atoms with E-state index in [0.29, 0.717) is 30.4 Å². The Morgan fingerprint density at radius 3 is 2.63 bits per heavy atom. The summed E-state index contributed by atoms with van der Waals surface area (Å²) in [7, 11) is 1.76. The van der Waals surface area contributed by atoms with Gasteiger partial charge in [-0.2, -0.15) is 0 Å². The molecule has 110 valence electrons. The molecule has 0 aromatic rings. The molecular weight excluding hydrogens is 240 g/mol. The largest absolute Gasteiger partial charge is 0.381 e. The Bertz CT molecular complexity index is 288. The van der Waals surface area contributed by atoms with E-state index in [1.165, 1.54) is 12.8 Å². The predicted molar refractivity (Wildman–Crippen MR) is 75.8 cm³/mol. The molecule has 1 heterocycles. The van der Waals surface area contributed by atoms with Crippen molar-refractivity contribution in [2.45, 2.75) is 63.5 Å². The zero-order valence-electron chi connectivity index (χ0n) is 12.1. The van der Waals surface area contributed by atoms with Gasteiger partial charge in [0.1, 0.15) is 0 Å². The summed E-state index contributed by atoms with van der Waals surface area (Å²) in [5, 5.41) is 0. The maximum Gasteiger partial charge on any atom is 0.222 e. The van der Waals surface area contributed by atoms with E-state index in [4.69, 9.17) is 10.5 Å². The zero-order chi connectivity index (χ0) is 13.7. The van der Waals surface area contributed by atoms with Crippen LogP contribution >= 0.6 is 0 Å². The van der Waals surface area contributed by atoms with Gasteiger partial charge < -0.3 is 15.4 Å². The second-order valence-electron chi connectivity index (χ2n) is 6.15. The van der Waals surface area contributed by atoms with Gasteiger partial charge in [-0.05, 0) is 38.0 Å². The standard InChI is InChI=1S/C15H28N2O2/c1-19-14-7-9-17(10-8-14)15(18)6-5-12-3-2-4-13(16)11-12/h12-14H,2-11,16H2,1H3. The molecule has 4 heteroatoms. The van der Waals surface area contributed by atoms with E-state index in [2.05, 4.69) is 0 Å². The van der Waals surface area contributed by atoms with Gasteiger partial charge in [0.05, 0.1) is 6.10 Å². The molecule has 1 amide bonds. The first kappa shape index (κ1) is 14.8. The SMILES string of the molecule is COC1CCN(C(=O)CCC2CCCC(N)C2)CC1. The Morgan fingerprint density at radius 2 is 2.00 bits per heavy atom. The molecule has 1 saturated heterocycles. The molecule has 1 saturated carbocycles. The highest BCUT2D eigenvalue weighted by atomic mass is 16.5. The van der Waals surface area contributed by atoms with Crippen LogP contribution in [0.25, 0.3) is 0 Å². The van der Waals surface area contributed by atoms with Crippen LogP contribution in [0.5, 0.6) is 0 Å². The third-order valence-corrected chi connectivity index (χ3v) is 4.72. The van der Waals surface area contributed by atoms with Crippen molar-refractivity contribution in [2.24, 2.45) is 11.7 Å². The summed E-state index contributed by atoms with van der Waals surface area (Å²) in [5.74, 6) is 0.998. The highest BCUT2D eigenvalue weighted by molar-refractivity contribution is 5.76. The van der Waals surface area contributed by atoms with Crippen molar-refractivity contribution in [3.05, 3.63) is 0 Å². The molecule has 1 aliphatic carbocycles. The maximum atomic E-state index is 12.2. The number of carbonyl (C=O) groups is 1. The highest BCUT2D eigenvalue weighted by Gasteiger charge is 2.24. The van der Waals surface area contributed by atoms with Crippen molar-refractivity contribution < 1.29 is 9.53 Å². The fourth-order valence-corrected chi connectivity index (χ4v) is 3.42. The van der Waals surface area contributed by atoms with E-state index in [0.717, 1.165) is 45.2 Å². The van der Waals surface area contributed by atoms with Crippen LogP contribution in [0.4, 0.5) is 0 Å². The number of likely N-dealkylation sites (tertiary alicyclic amines) is 1. The summed E-state index contributed by atoms with van der Waals surface area (Å²) in [6.07, 6.45) is 8.80. The fourth-order valence-electron chi connectivity index (χ4n) is 3.42. The number of ether oxygens (including phenoxy) is 1. The van der Waals surface area contributed by atoms with Crippen LogP contribution in [0.3, 0.4) is 0 Å². The monoisotopic (exact) mass is 268 g/mol. The van der Waals surface area contributed by atoms with Crippen LogP contribution < -0.4 is 5.73 Å². The lowest BCUT2D eigenvalue weighted by Gasteiger charge is -2.32. The Hall–Kier alpha value is -0.610. The lowest BCUT2D eigenvalue weighted by molar-refractivity contribution is -0.133. The predicted octanol–water partition coefficient (Wildman–Crippen LogP) is 1.92. The molecule has 2 N–H and O–H groups in total. The number of hydrogen-bond donors (Lipinski definition) is 1. The van der Waals surface area contributed by atoms with E-state index in [9.17, 15) is 4.79 Å². The summed E-state index contributed by atoms with van der Waals surface area (Å²) < 4.78 is 5.33. The minimum Gasteiger partial charge on any atom is -0.381 e. The second kappa shape index (κ2) is 7.25. The molecule has 0 bridgehead atoms. The molecule has 2 rings (SSSR count). The van der Waals surface area contributed by atoms with Crippen molar-refractivity contribution in [2.75, 3.05) is 20.2 Å². The summed E-state index contributed by atoms with van der Waals surface area (Å²) >= 11 is 0. The quantitative estimate of drug-likeness (QED) is 0.847. The Labute approximate surface area is 116 Å². The van der Waals surface area contributed by atoms with Gasteiger partial charge in [0.25, 0.3) is 0 Å². The van der Waals surface area contributed by atoms with Crippen molar-refractivity contribution in [3.8, 4) is 0 Å². The van der Waals surface area contributed by atoms with Crippen LogP contribution in [0, 0.1) is 5.92 Å². The minimum absolute atomic E-state index is 0.327. The number of rotatable bonds is 4. The molecule has 2 aliphatic rings. The van der Waals surface area contributed by atoms with Crippen molar-refractivity contribution in [1.82, 2.24) is 4.90 Å². The Kier molecular flexibility index (Phi) is 5.64. The molecule has 19 heavy (non-hydrogen) atoms. The summed E-state index contributed by atoms with van der Waals surface area (Å²) in [6, 6.07) is 0.367. The van der Waals surface area contributed by atoms with Gasteiger partial charge in [-0.3, -0.25) is 4.79 Å². The molecule has 2 unspecified atom stereocenters. The number of hydrogen-bond acceptors (Lipinski definition) is 3. The number of carbonyl (C=O) groups excluding carboxylic acids is 1. The topological polar surface area (TPSA) is 55.6 Å². The smallest absolute Gasteiger partial charge is 0.222 e. The molecule has 1 aliphatic heterocycles. The van der Waals surface area contributed by atoms with Gasteiger partial charge in [-0.15, -0.1) is 0 Å². The van der Waals surface area contributed by atoms with Crippen LogP contribution in [0.15, 0.2) is 0 Å². The van der Waals surface area contributed by atoms with E-state index >= 15 is 0 Å². The molecule has 2 fully saturated rings. The lowest BCUT2D eigenvalue weighted by Crippen LogP contribution is -2.40. The van der Waals surface area contributed by atoms with E-state index < -0.39 is 0 Å². The van der Waals surface area contributed by atoms with Crippen LogP contribution in [0.2, 0.25) is 0 Å². The first-order valence-corrected chi connectivity index (χ1v) is 7.75. The van der Waals surface area contributed by atoms with Crippen molar-refractivity contribution in [3.63, 3.8) is 0 Å². The number of nitrogens with zero attached hydrogens (tertiary/aromatic N) is 1. The molecule has 0 radical (unpaired) electrons. The van der Waals surface area contributed by atoms with Gasteiger partial charge >= 0.3 is 0 Å². The summed E-state index contributed by atoms with van der Waals surface area (Å²) in [5.41, 5.74) is 6.00. The van der Waals surface area contributed by atoms with Gasteiger partial charge in [0, 0.05) is 32.7 Å². The Morgan fingerprint density at radius 1 is 1.26 bits per heavy atom. The average Bonchev–Trinajstić information content (AvgIpc) is 2.45. The number of methoxy groups -OCH3 is 1. The van der Waals surface area contributed by atoms with Gasteiger partial charge in [0.2, 0.25) is 5.91 Å². The van der Waals surface area contributed by atoms with Crippen LogP contribution in [-0.2, 0) is 9.53 Å². The molecule has 0 aromatic heterocycles. The maximum absolute atomic E-state index is 12.2. The van der Waals surface area contributed by atoms with Gasteiger partial charge in [-0.1, -0.05) is 12.8 Å². The molecule has 2 atom stereocenters. The highest BCUT2D eigenvalue weighted by Crippen LogP contribution is 2.27. The van der Waals surface area contributed by atoms with Crippen LogP contribution in [-0.4, -0.2) is 43.2 Å². The van der Waals surface area contributed by atoms with Crippen LogP contribution in [0.1, 0.15) is 51.4 Å². The number of amides is 1. The zero-order valence-corrected chi connectivity index (χ0v) is 12.1. The second-order valence-corrected chi connectivity index (χ2v) is 6.15. The molecule has 0 spiro atoms. The molecule has 0 aromatic carbocycles. The van der Waals surface area contributed by atoms with E-state index in [-0.39, 0.29) is 0 Å². The summed E-state index contributed by atoms with van der Waals surface area (Å²) in [4.78, 5) is 14.2. The lowest BCUT2D eigenvalue weighted by atomic mass is 9.83. The van der Waals surface area contributed by atoms with E-state index in [1.807, 2.05) is 4.90 Å². The Balaban J connectivity index is 1.67. The van der Waals surface area contributed by atoms with E-state index in [1.54, 1.807) is 7.11 Å². The molecular formula is C15H28N2O2. The number of piperidine rings is 1. The van der Waals surface area contributed by atoms with Gasteiger partial charge in [0.15, 0.2) is 0 Å². The third kappa shape index (κ3) is 4.46. The fraction of sp³-hybridized carbons (Fsp3) is 0.933. The number of nitrogens with two attached hydrogens (primary N) is 1. The third-order valence-electron chi connectivity index (χ3n) is 4.72. The summed E-state index contributed by atoms with van der Waals surface area (Å²) in [6.45, 7) is 1.73.